The number of carboxylic acid groups (broad SMARTS) is 1. The quantitative estimate of drug-likeness (QED) is 0.532. The van der Waals surface area contributed by atoms with E-state index in [1.807, 2.05) is 36.4 Å². The molecule has 1 aliphatic rings. The number of hydrogen-bond donors (Lipinski definition) is 2. The number of hydrogen-bond acceptors (Lipinski definition) is 6. The van der Waals surface area contributed by atoms with Crippen molar-refractivity contribution in [2.24, 2.45) is 0 Å². The van der Waals surface area contributed by atoms with Gasteiger partial charge in [0.05, 0.1) is 0 Å². The molecule has 4 rings (SSSR count). The van der Waals surface area contributed by atoms with Gasteiger partial charge in [-0.15, -0.1) is 0 Å². The van der Waals surface area contributed by atoms with Crippen molar-refractivity contribution < 1.29 is 29.1 Å². The van der Waals surface area contributed by atoms with E-state index in [0.717, 1.165) is 27.3 Å². The fraction of sp³-hybridized carbons (Fsp3) is 0.167. The Hall–Kier alpha value is -4.24. The topological polar surface area (TPSA) is 118 Å². The molecule has 9 heteroatoms. The summed E-state index contributed by atoms with van der Waals surface area (Å²) < 4.78 is 5.48. The Bertz CT molecular complexity index is 1170. The third kappa shape index (κ3) is 4.83. The van der Waals surface area contributed by atoms with Gasteiger partial charge >= 0.3 is 12.1 Å². The number of nitrogens with one attached hydrogen (secondary N) is 1. The van der Waals surface area contributed by atoms with Crippen LogP contribution in [0.5, 0.6) is 0 Å². The fourth-order valence-electron chi connectivity index (χ4n) is 3.73. The molecule has 2 aromatic carbocycles. The number of nitrogens with zero attached hydrogens (tertiary/aromatic N) is 2. The van der Waals surface area contributed by atoms with Crippen LogP contribution in [0.1, 0.15) is 27.5 Å². The molecule has 0 radical (unpaired) electrons. The van der Waals surface area contributed by atoms with Crippen LogP contribution in [0, 0.1) is 0 Å². The number of carboxylic acids is 1. The summed E-state index contributed by atoms with van der Waals surface area (Å²) in [7, 11) is 1.28. The average molecular weight is 447 g/mol. The third-order valence-electron chi connectivity index (χ3n) is 5.21. The van der Waals surface area contributed by atoms with Gasteiger partial charge in [-0.3, -0.25) is 14.9 Å². The first-order chi connectivity index (χ1) is 15.9. The molecular weight excluding hydrogens is 426 g/mol. The van der Waals surface area contributed by atoms with Crippen LogP contribution in [-0.2, 0) is 14.4 Å². The van der Waals surface area contributed by atoms with Crippen LogP contribution in [0.3, 0.4) is 0 Å². The molecule has 2 N–H and O–H groups in total. The Kier molecular flexibility index (Phi) is 6.32. The smallest absolute Gasteiger partial charge is 0.412 e. The molecule has 1 heterocycles. The summed E-state index contributed by atoms with van der Waals surface area (Å²) in [5.41, 5.74) is 4.43. The van der Waals surface area contributed by atoms with Crippen molar-refractivity contribution in [1.29, 1.82) is 0 Å². The van der Waals surface area contributed by atoms with E-state index < -0.39 is 24.6 Å². The monoisotopic (exact) mass is 447 g/mol. The van der Waals surface area contributed by atoms with Crippen molar-refractivity contribution >= 4 is 23.8 Å². The maximum atomic E-state index is 12.4. The first-order valence-electron chi connectivity index (χ1n) is 10.2. The predicted octanol–water partition coefficient (Wildman–Crippen LogP) is 3.53. The lowest BCUT2D eigenvalue weighted by Gasteiger charge is -2.16. The Morgan fingerprint density at radius 3 is 2.24 bits per heavy atom. The summed E-state index contributed by atoms with van der Waals surface area (Å²) in [6.07, 6.45) is -0.704. The highest BCUT2D eigenvalue weighted by molar-refractivity contribution is 5.92. The highest BCUT2D eigenvalue weighted by atomic mass is 16.7. The molecule has 0 saturated carbocycles. The largest absolute Gasteiger partial charge is 0.479 e. The molecule has 0 fully saturated rings. The SMILES string of the molecule is CN(OCC(=O)O)C(=O)c1cccc(NC(=O)OCC2c3ccccc3-c3ccccc32)n1. The predicted molar refractivity (Wildman–Crippen MR) is 119 cm³/mol. The Balaban J connectivity index is 1.40. The van der Waals surface area contributed by atoms with Gasteiger partial charge in [0.15, 0.2) is 6.61 Å². The van der Waals surface area contributed by atoms with Gasteiger partial charge in [-0.05, 0) is 34.4 Å². The van der Waals surface area contributed by atoms with Crippen molar-refractivity contribution in [2.45, 2.75) is 5.92 Å². The zero-order valence-corrected chi connectivity index (χ0v) is 17.7. The second-order valence-electron chi connectivity index (χ2n) is 7.33. The number of carbonyl (C=O) groups is 3. The number of amides is 2. The van der Waals surface area contributed by atoms with Crippen molar-refractivity contribution in [2.75, 3.05) is 25.6 Å². The lowest BCUT2D eigenvalue weighted by molar-refractivity contribution is -0.159. The molecule has 3 aromatic rings. The molecule has 168 valence electrons. The summed E-state index contributed by atoms with van der Waals surface area (Å²) in [4.78, 5) is 44.3. The normalized spacial score (nSPS) is 11.9. The molecule has 9 nitrogen and oxygen atoms in total. The number of rotatable bonds is 7. The van der Waals surface area contributed by atoms with Crippen molar-refractivity contribution in [3.63, 3.8) is 0 Å². The van der Waals surface area contributed by atoms with Gasteiger partial charge in [0.25, 0.3) is 5.91 Å². The molecule has 0 spiro atoms. The van der Waals surface area contributed by atoms with E-state index in [1.54, 1.807) is 0 Å². The van der Waals surface area contributed by atoms with Gasteiger partial charge in [0, 0.05) is 13.0 Å². The Morgan fingerprint density at radius 2 is 1.61 bits per heavy atom. The third-order valence-corrected chi connectivity index (χ3v) is 5.21. The minimum absolute atomic E-state index is 0.0284. The van der Waals surface area contributed by atoms with Gasteiger partial charge in [0.2, 0.25) is 0 Å². The number of carbonyl (C=O) groups excluding carboxylic acids is 2. The Labute approximate surface area is 189 Å². The minimum atomic E-state index is -1.21. The van der Waals surface area contributed by atoms with Crippen LogP contribution in [0.15, 0.2) is 66.7 Å². The van der Waals surface area contributed by atoms with Gasteiger partial charge in [0.1, 0.15) is 18.1 Å². The average Bonchev–Trinajstić information content (AvgIpc) is 3.14. The lowest BCUT2D eigenvalue weighted by Crippen LogP contribution is -2.30. The van der Waals surface area contributed by atoms with E-state index in [9.17, 15) is 14.4 Å². The van der Waals surface area contributed by atoms with Gasteiger partial charge in [-0.25, -0.2) is 19.6 Å². The van der Waals surface area contributed by atoms with Crippen molar-refractivity contribution in [1.82, 2.24) is 10.0 Å². The first kappa shape index (κ1) is 22.0. The van der Waals surface area contributed by atoms with Crippen molar-refractivity contribution in [3.05, 3.63) is 83.6 Å². The van der Waals surface area contributed by atoms with Crippen LogP contribution >= 0.6 is 0 Å². The second-order valence-corrected chi connectivity index (χ2v) is 7.33. The summed E-state index contributed by atoms with van der Waals surface area (Å²) in [6.45, 7) is -0.524. The second kappa shape index (κ2) is 9.49. The molecule has 0 saturated heterocycles. The van der Waals surface area contributed by atoms with E-state index in [-0.39, 0.29) is 24.0 Å². The summed E-state index contributed by atoms with van der Waals surface area (Å²) >= 11 is 0. The minimum Gasteiger partial charge on any atom is -0.479 e. The number of ether oxygens (including phenoxy) is 1. The fourth-order valence-corrected chi connectivity index (χ4v) is 3.73. The standard InChI is InChI=1S/C24H21N3O6/c1-27(33-14-22(28)29)23(30)20-11-6-12-21(25-20)26-24(31)32-13-19-17-9-4-2-7-15(17)16-8-3-5-10-18(16)19/h2-12,19H,13-14H2,1H3,(H,28,29)(H,25,26,31). The molecule has 0 unspecified atom stereocenters. The summed E-state index contributed by atoms with van der Waals surface area (Å²) in [5.74, 6) is -1.84. The molecule has 2 amide bonds. The number of benzene rings is 2. The van der Waals surface area contributed by atoms with Crippen LogP contribution < -0.4 is 5.32 Å². The summed E-state index contributed by atoms with van der Waals surface area (Å²) in [5, 5.41) is 11.9. The van der Waals surface area contributed by atoms with Gasteiger partial charge < -0.3 is 9.84 Å². The van der Waals surface area contributed by atoms with E-state index >= 15 is 0 Å². The molecule has 0 bridgehead atoms. The number of aromatic nitrogens is 1. The van der Waals surface area contributed by atoms with Crippen LogP contribution in [0.2, 0.25) is 0 Å². The lowest BCUT2D eigenvalue weighted by atomic mass is 9.98. The number of aliphatic carboxylic acids is 1. The van der Waals surface area contributed by atoms with E-state index in [2.05, 4.69) is 22.4 Å². The maximum absolute atomic E-state index is 12.4. The molecule has 0 aliphatic heterocycles. The van der Waals surface area contributed by atoms with Crippen LogP contribution in [0.4, 0.5) is 10.6 Å². The number of hydroxylamine groups is 2. The summed E-state index contributed by atoms with van der Waals surface area (Å²) in [6, 6.07) is 20.5. The number of anilines is 1. The highest BCUT2D eigenvalue weighted by Gasteiger charge is 2.29. The van der Waals surface area contributed by atoms with E-state index in [4.69, 9.17) is 14.7 Å². The molecule has 1 aromatic heterocycles. The number of fused-ring (bicyclic) bond motifs is 3. The van der Waals surface area contributed by atoms with E-state index in [0.29, 0.717) is 0 Å². The first-order valence-corrected chi connectivity index (χ1v) is 10.2. The Morgan fingerprint density at radius 1 is 0.970 bits per heavy atom. The van der Waals surface area contributed by atoms with Gasteiger partial charge in [-0.2, -0.15) is 0 Å². The van der Waals surface area contributed by atoms with Crippen molar-refractivity contribution in [3.8, 4) is 11.1 Å². The highest BCUT2D eigenvalue weighted by Crippen LogP contribution is 2.44. The molecule has 0 atom stereocenters. The van der Waals surface area contributed by atoms with Crippen LogP contribution in [-0.4, -0.2) is 53.4 Å². The van der Waals surface area contributed by atoms with Crippen LogP contribution in [0.25, 0.3) is 11.1 Å². The zero-order chi connectivity index (χ0) is 23.4. The van der Waals surface area contributed by atoms with E-state index in [1.165, 1.54) is 25.2 Å². The number of pyridine rings is 1. The zero-order valence-electron chi connectivity index (χ0n) is 17.7. The molecular formula is C24H21N3O6. The molecule has 33 heavy (non-hydrogen) atoms. The van der Waals surface area contributed by atoms with Gasteiger partial charge in [-0.1, -0.05) is 54.6 Å². The molecule has 1 aliphatic carbocycles. The maximum Gasteiger partial charge on any atom is 0.412 e.